The Morgan fingerprint density at radius 1 is 1.17 bits per heavy atom. The summed E-state index contributed by atoms with van der Waals surface area (Å²) in [6.07, 6.45) is 0. The quantitative estimate of drug-likeness (QED) is 0.756. The average molecular weight is 380 g/mol. The van der Waals surface area contributed by atoms with E-state index in [0.29, 0.717) is 20.5 Å². The second kappa shape index (κ2) is 7.57. The van der Waals surface area contributed by atoms with E-state index in [2.05, 4.69) is 20.0 Å². The van der Waals surface area contributed by atoms with Crippen molar-refractivity contribution >= 4 is 46.3 Å². The van der Waals surface area contributed by atoms with Crippen LogP contribution in [0.25, 0.3) is 5.69 Å². The molecule has 3 rings (SSSR count). The maximum Gasteiger partial charge on any atom is 0.246 e. The van der Waals surface area contributed by atoms with Crippen molar-refractivity contribution in [3.8, 4) is 5.69 Å². The van der Waals surface area contributed by atoms with Crippen molar-refractivity contribution < 1.29 is 4.79 Å². The molecule has 0 spiro atoms. The van der Waals surface area contributed by atoms with Crippen molar-refractivity contribution in [1.82, 2.24) is 14.4 Å². The molecule has 1 N–H and O–H groups in total. The Morgan fingerprint density at radius 3 is 2.71 bits per heavy atom. The standard InChI is InChI=1S/C15H11Cl2N5OS/c16-12-7-6-10(8-13(12)17)19-14(23)9-18-15-22(20-21-24-15)11-4-2-1-3-5-11/h1-8H,9H2,(H,19,23). The molecule has 0 bridgehead atoms. The zero-order chi connectivity index (χ0) is 16.9. The summed E-state index contributed by atoms with van der Waals surface area (Å²) >= 11 is 12.9. The summed E-state index contributed by atoms with van der Waals surface area (Å²) in [4.78, 5) is 16.8. The monoisotopic (exact) mass is 379 g/mol. The molecule has 24 heavy (non-hydrogen) atoms. The minimum absolute atomic E-state index is 0.0586. The average Bonchev–Trinajstić information content (AvgIpc) is 3.06. The van der Waals surface area contributed by atoms with Crippen molar-refractivity contribution in [2.45, 2.75) is 0 Å². The number of para-hydroxylation sites is 1. The number of benzene rings is 2. The minimum Gasteiger partial charge on any atom is -0.324 e. The lowest BCUT2D eigenvalue weighted by molar-refractivity contribution is -0.114. The Kier molecular flexibility index (Phi) is 5.24. The molecule has 2 aromatic carbocycles. The highest BCUT2D eigenvalue weighted by molar-refractivity contribution is 7.02. The molecule has 3 aromatic rings. The SMILES string of the molecule is O=C(CN=c1snnn1-c1ccccc1)Nc1ccc(Cl)c(Cl)c1. The molecular formula is C15H11Cl2N5OS. The van der Waals surface area contributed by atoms with E-state index in [1.807, 2.05) is 30.3 Å². The molecule has 0 fully saturated rings. The molecule has 9 heteroatoms. The van der Waals surface area contributed by atoms with Crippen LogP contribution >= 0.6 is 34.7 Å². The van der Waals surface area contributed by atoms with E-state index >= 15 is 0 Å². The van der Waals surface area contributed by atoms with Gasteiger partial charge in [0.25, 0.3) is 0 Å². The molecule has 122 valence electrons. The number of hydrogen-bond acceptors (Lipinski definition) is 5. The number of nitrogens with zero attached hydrogens (tertiary/aromatic N) is 4. The normalized spacial score (nSPS) is 11.5. The van der Waals surface area contributed by atoms with Crippen LogP contribution in [0.4, 0.5) is 5.69 Å². The summed E-state index contributed by atoms with van der Waals surface area (Å²) in [6, 6.07) is 14.3. The molecule has 0 unspecified atom stereocenters. The van der Waals surface area contributed by atoms with E-state index in [1.54, 1.807) is 22.9 Å². The lowest BCUT2D eigenvalue weighted by atomic mass is 10.3. The zero-order valence-electron chi connectivity index (χ0n) is 12.2. The number of rotatable bonds is 4. The Hall–Kier alpha value is -2.22. The summed E-state index contributed by atoms with van der Waals surface area (Å²) < 4.78 is 5.46. The summed E-state index contributed by atoms with van der Waals surface area (Å²) in [6.45, 7) is -0.0586. The van der Waals surface area contributed by atoms with Crippen LogP contribution in [0.2, 0.25) is 10.0 Å². The van der Waals surface area contributed by atoms with E-state index in [0.717, 1.165) is 17.2 Å². The number of carbonyl (C=O) groups excluding carboxylic acids is 1. The number of aromatic nitrogens is 3. The predicted octanol–water partition coefficient (Wildman–Crippen LogP) is 3.18. The topological polar surface area (TPSA) is 72.2 Å². The number of halogens is 2. The first-order valence-corrected chi connectivity index (χ1v) is 8.39. The van der Waals surface area contributed by atoms with E-state index in [1.165, 1.54) is 0 Å². The second-order valence-corrected chi connectivity index (χ2v) is 6.21. The van der Waals surface area contributed by atoms with Gasteiger partial charge < -0.3 is 5.32 Å². The van der Waals surface area contributed by atoms with Gasteiger partial charge in [-0.05, 0) is 35.5 Å². The summed E-state index contributed by atoms with van der Waals surface area (Å²) in [5.41, 5.74) is 1.39. The van der Waals surface area contributed by atoms with E-state index in [9.17, 15) is 4.79 Å². The number of hydrogen-bond donors (Lipinski definition) is 1. The number of anilines is 1. The first kappa shape index (κ1) is 16.6. The third-order valence-corrected chi connectivity index (χ3v) is 4.35. The van der Waals surface area contributed by atoms with Gasteiger partial charge in [0.15, 0.2) is 0 Å². The van der Waals surface area contributed by atoms with Crippen LogP contribution in [0.15, 0.2) is 53.5 Å². The molecule has 0 aliphatic carbocycles. The van der Waals surface area contributed by atoms with Crippen LogP contribution in [0.3, 0.4) is 0 Å². The largest absolute Gasteiger partial charge is 0.324 e. The first-order chi connectivity index (χ1) is 11.6. The van der Waals surface area contributed by atoms with E-state index < -0.39 is 0 Å². The smallest absolute Gasteiger partial charge is 0.246 e. The lowest BCUT2D eigenvalue weighted by Gasteiger charge is -2.04. The fraction of sp³-hybridized carbons (Fsp3) is 0.0667. The minimum atomic E-state index is -0.276. The van der Waals surface area contributed by atoms with Gasteiger partial charge in [-0.15, -0.1) is 0 Å². The molecule has 0 radical (unpaired) electrons. The Bertz CT molecular complexity index is 923. The second-order valence-electron chi connectivity index (χ2n) is 4.69. The van der Waals surface area contributed by atoms with E-state index in [-0.39, 0.29) is 12.5 Å². The van der Waals surface area contributed by atoms with Gasteiger partial charge in [0, 0.05) is 17.2 Å². The van der Waals surface area contributed by atoms with Gasteiger partial charge in [0.05, 0.1) is 15.7 Å². The molecular weight excluding hydrogens is 369 g/mol. The highest BCUT2D eigenvalue weighted by atomic mass is 35.5. The van der Waals surface area contributed by atoms with Crippen molar-refractivity contribution in [3.05, 3.63) is 63.4 Å². The summed E-state index contributed by atoms with van der Waals surface area (Å²) in [7, 11) is 0. The van der Waals surface area contributed by atoms with Crippen molar-refractivity contribution in [3.63, 3.8) is 0 Å². The van der Waals surface area contributed by atoms with Crippen LogP contribution in [0, 0.1) is 0 Å². The lowest BCUT2D eigenvalue weighted by Crippen LogP contribution is -2.20. The van der Waals surface area contributed by atoms with Crippen molar-refractivity contribution in [1.29, 1.82) is 0 Å². The van der Waals surface area contributed by atoms with Crippen LogP contribution < -0.4 is 10.1 Å². The van der Waals surface area contributed by atoms with Gasteiger partial charge >= 0.3 is 0 Å². The van der Waals surface area contributed by atoms with Crippen LogP contribution in [-0.4, -0.2) is 26.8 Å². The number of carbonyl (C=O) groups is 1. The fourth-order valence-corrected chi connectivity index (χ4v) is 2.73. The van der Waals surface area contributed by atoms with Gasteiger partial charge in [0.2, 0.25) is 10.7 Å². The van der Waals surface area contributed by atoms with Crippen LogP contribution in [0.1, 0.15) is 0 Å². The predicted molar refractivity (Wildman–Crippen MR) is 94.8 cm³/mol. The van der Waals surface area contributed by atoms with Gasteiger partial charge in [-0.2, -0.15) is 4.68 Å². The van der Waals surface area contributed by atoms with Gasteiger partial charge in [-0.25, -0.2) is 4.99 Å². The maximum absolute atomic E-state index is 12.0. The molecule has 6 nitrogen and oxygen atoms in total. The highest BCUT2D eigenvalue weighted by Crippen LogP contribution is 2.24. The van der Waals surface area contributed by atoms with Crippen LogP contribution in [0.5, 0.6) is 0 Å². The Balaban J connectivity index is 1.73. The van der Waals surface area contributed by atoms with Crippen molar-refractivity contribution in [2.75, 3.05) is 11.9 Å². The zero-order valence-corrected chi connectivity index (χ0v) is 14.5. The third-order valence-electron chi connectivity index (χ3n) is 2.99. The van der Waals surface area contributed by atoms with Gasteiger partial charge in [-0.3, -0.25) is 4.79 Å². The molecule has 1 aromatic heterocycles. The molecule has 0 aliphatic rings. The van der Waals surface area contributed by atoms with Gasteiger partial charge in [-0.1, -0.05) is 45.9 Å². The summed E-state index contributed by atoms with van der Waals surface area (Å²) in [5.74, 6) is -0.276. The van der Waals surface area contributed by atoms with Crippen LogP contribution in [-0.2, 0) is 4.79 Å². The fourth-order valence-electron chi connectivity index (χ4n) is 1.91. The molecule has 0 atom stereocenters. The van der Waals surface area contributed by atoms with Crippen molar-refractivity contribution in [2.24, 2.45) is 4.99 Å². The molecule has 1 heterocycles. The third kappa shape index (κ3) is 4.00. The molecule has 1 amide bonds. The molecule has 0 saturated carbocycles. The van der Waals surface area contributed by atoms with Gasteiger partial charge in [0.1, 0.15) is 6.54 Å². The Labute approximate surface area is 151 Å². The Morgan fingerprint density at radius 2 is 1.96 bits per heavy atom. The maximum atomic E-state index is 12.0. The number of nitrogens with one attached hydrogen (secondary N) is 1. The molecule has 0 aliphatic heterocycles. The summed E-state index contributed by atoms with van der Waals surface area (Å²) in [5, 5.41) is 7.51. The first-order valence-electron chi connectivity index (χ1n) is 6.86. The van der Waals surface area contributed by atoms with E-state index in [4.69, 9.17) is 23.2 Å². The number of amides is 1. The highest BCUT2D eigenvalue weighted by Gasteiger charge is 2.06. The molecule has 0 saturated heterocycles.